The van der Waals surface area contributed by atoms with E-state index in [1.807, 2.05) is 47.4 Å². The number of fused-ring (bicyclic) bond motifs is 1. The zero-order valence-corrected chi connectivity index (χ0v) is 14.4. The molecule has 1 heterocycles. The van der Waals surface area contributed by atoms with Crippen LogP contribution in [0.2, 0.25) is 0 Å². The predicted octanol–water partition coefficient (Wildman–Crippen LogP) is 3.35. The van der Waals surface area contributed by atoms with E-state index in [-0.39, 0.29) is 11.9 Å². The van der Waals surface area contributed by atoms with Crippen molar-refractivity contribution in [2.24, 2.45) is 0 Å². The Bertz CT molecular complexity index is 756. The molecular formula is C20H23N3O2. The average molecular weight is 337 g/mol. The second-order valence-corrected chi connectivity index (χ2v) is 6.21. The largest absolute Gasteiger partial charge is 0.359 e. The van der Waals surface area contributed by atoms with E-state index in [9.17, 15) is 9.59 Å². The lowest BCUT2D eigenvalue weighted by atomic mass is 10.1. The Morgan fingerprint density at radius 1 is 1.04 bits per heavy atom. The number of carbonyl (C=O) groups excluding carboxylic acids is 2. The van der Waals surface area contributed by atoms with Gasteiger partial charge in [-0.25, -0.2) is 4.79 Å². The fourth-order valence-electron chi connectivity index (χ4n) is 3.07. The molecule has 130 valence electrons. The number of aryl methyl sites for hydroxylation is 1. The summed E-state index contributed by atoms with van der Waals surface area (Å²) in [5.41, 5.74) is 3.86. The van der Waals surface area contributed by atoms with Crippen LogP contribution in [0.25, 0.3) is 0 Å². The van der Waals surface area contributed by atoms with Crippen LogP contribution >= 0.6 is 0 Å². The van der Waals surface area contributed by atoms with Crippen LogP contribution in [-0.4, -0.2) is 25.5 Å². The number of urea groups is 1. The molecule has 0 spiro atoms. The van der Waals surface area contributed by atoms with Gasteiger partial charge in [-0.05, 0) is 48.6 Å². The summed E-state index contributed by atoms with van der Waals surface area (Å²) in [6.07, 6.45) is 3.43. The molecule has 0 unspecified atom stereocenters. The molecule has 5 heteroatoms. The Morgan fingerprint density at radius 2 is 1.80 bits per heavy atom. The van der Waals surface area contributed by atoms with Gasteiger partial charge >= 0.3 is 6.03 Å². The second kappa shape index (κ2) is 7.83. The minimum absolute atomic E-state index is 0.0297. The molecule has 0 radical (unpaired) electrons. The monoisotopic (exact) mass is 337 g/mol. The number of carbonyl (C=O) groups is 2. The Morgan fingerprint density at radius 3 is 2.56 bits per heavy atom. The Labute approximate surface area is 148 Å². The fraction of sp³-hybridized carbons (Fsp3) is 0.300. The van der Waals surface area contributed by atoms with Gasteiger partial charge in [0.05, 0.1) is 6.42 Å². The van der Waals surface area contributed by atoms with E-state index in [1.165, 1.54) is 5.56 Å². The maximum absolute atomic E-state index is 12.7. The number of para-hydroxylation sites is 1. The first kappa shape index (κ1) is 17.0. The normalized spacial score (nSPS) is 13.6. The van der Waals surface area contributed by atoms with Crippen molar-refractivity contribution < 1.29 is 9.59 Å². The third-order valence-corrected chi connectivity index (χ3v) is 4.45. The van der Waals surface area contributed by atoms with E-state index in [0.717, 1.165) is 42.7 Å². The Kier molecular flexibility index (Phi) is 5.33. The molecule has 0 aromatic heterocycles. The molecule has 0 saturated carbocycles. The summed E-state index contributed by atoms with van der Waals surface area (Å²) in [5, 5.41) is 5.56. The van der Waals surface area contributed by atoms with Crippen LogP contribution < -0.4 is 15.5 Å². The number of amides is 3. The average Bonchev–Trinajstić information content (AvgIpc) is 2.85. The van der Waals surface area contributed by atoms with Crippen molar-refractivity contribution in [1.82, 2.24) is 5.32 Å². The third kappa shape index (κ3) is 4.18. The minimum Gasteiger partial charge on any atom is -0.359 e. The highest BCUT2D eigenvalue weighted by Crippen LogP contribution is 2.26. The van der Waals surface area contributed by atoms with Gasteiger partial charge in [0.15, 0.2) is 0 Å². The van der Waals surface area contributed by atoms with Crippen LogP contribution in [0.1, 0.15) is 24.0 Å². The number of rotatable bonds is 3. The molecule has 0 saturated heterocycles. The highest BCUT2D eigenvalue weighted by molar-refractivity contribution is 6.02. The van der Waals surface area contributed by atoms with Crippen LogP contribution in [0.4, 0.5) is 16.2 Å². The SMILES string of the molecule is CNC(=O)Cc1ccc(NC(=O)N2CCCCc3ccccc32)cc1. The van der Waals surface area contributed by atoms with Crippen LogP contribution in [0.3, 0.4) is 0 Å². The first-order valence-corrected chi connectivity index (χ1v) is 8.63. The molecule has 0 fully saturated rings. The van der Waals surface area contributed by atoms with Gasteiger partial charge < -0.3 is 10.6 Å². The zero-order chi connectivity index (χ0) is 17.6. The molecule has 3 rings (SSSR count). The van der Waals surface area contributed by atoms with Crippen molar-refractivity contribution in [2.75, 3.05) is 23.8 Å². The van der Waals surface area contributed by atoms with Gasteiger partial charge in [-0.1, -0.05) is 30.3 Å². The van der Waals surface area contributed by atoms with Crippen LogP contribution in [-0.2, 0) is 17.6 Å². The van der Waals surface area contributed by atoms with E-state index in [2.05, 4.69) is 16.7 Å². The highest BCUT2D eigenvalue weighted by Gasteiger charge is 2.20. The van der Waals surface area contributed by atoms with Crippen molar-refractivity contribution in [2.45, 2.75) is 25.7 Å². The third-order valence-electron chi connectivity index (χ3n) is 4.45. The van der Waals surface area contributed by atoms with Crippen LogP contribution in [0.15, 0.2) is 48.5 Å². The van der Waals surface area contributed by atoms with Crippen molar-refractivity contribution in [1.29, 1.82) is 0 Å². The number of nitrogens with zero attached hydrogens (tertiary/aromatic N) is 1. The van der Waals surface area contributed by atoms with Gasteiger partial charge in [-0.15, -0.1) is 0 Å². The lowest BCUT2D eigenvalue weighted by Crippen LogP contribution is -2.35. The molecule has 0 bridgehead atoms. The van der Waals surface area contributed by atoms with Gasteiger partial charge in [0.2, 0.25) is 5.91 Å². The Balaban J connectivity index is 1.71. The van der Waals surface area contributed by atoms with Gasteiger partial charge in [0.1, 0.15) is 0 Å². The summed E-state index contributed by atoms with van der Waals surface area (Å²) in [6, 6.07) is 15.4. The summed E-state index contributed by atoms with van der Waals surface area (Å²) < 4.78 is 0. The number of hydrogen-bond donors (Lipinski definition) is 2. The van der Waals surface area contributed by atoms with E-state index in [1.54, 1.807) is 7.05 Å². The maximum Gasteiger partial charge on any atom is 0.326 e. The molecule has 1 aliphatic heterocycles. The maximum atomic E-state index is 12.7. The first-order valence-electron chi connectivity index (χ1n) is 8.63. The molecule has 2 aromatic carbocycles. The molecule has 3 amide bonds. The topological polar surface area (TPSA) is 61.4 Å². The molecule has 2 aromatic rings. The van der Waals surface area contributed by atoms with Crippen LogP contribution in [0, 0.1) is 0 Å². The number of benzene rings is 2. The van der Waals surface area contributed by atoms with Gasteiger partial charge in [0.25, 0.3) is 0 Å². The lowest BCUT2D eigenvalue weighted by molar-refractivity contribution is -0.119. The van der Waals surface area contributed by atoms with Crippen molar-refractivity contribution in [3.63, 3.8) is 0 Å². The number of hydrogen-bond acceptors (Lipinski definition) is 2. The molecule has 5 nitrogen and oxygen atoms in total. The Hall–Kier alpha value is -2.82. The predicted molar refractivity (Wildman–Crippen MR) is 100.0 cm³/mol. The summed E-state index contributed by atoms with van der Waals surface area (Å²) in [5.74, 6) is -0.0297. The van der Waals surface area contributed by atoms with E-state index in [4.69, 9.17) is 0 Å². The molecule has 2 N–H and O–H groups in total. The van der Waals surface area contributed by atoms with Gasteiger partial charge in [-0.3, -0.25) is 9.69 Å². The zero-order valence-electron chi connectivity index (χ0n) is 14.4. The fourth-order valence-corrected chi connectivity index (χ4v) is 3.07. The number of anilines is 2. The minimum atomic E-state index is -0.117. The molecular weight excluding hydrogens is 314 g/mol. The second-order valence-electron chi connectivity index (χ2n) is 6.21. The van der Waals surface area contributed by atoms with E-state index >= 15 is 0 Å². The number of likely N-dealkylation sites (N-methyl/N-ethyl adjacent to an activating group) is 1. The van der Waals surface area contributed by atoms with E-state index in [0.29, 0.717) is 6.42 Å². The van der Waals surface area contributed by atoms with Crippen molar-refractivity contribution >= 4 is 23.3 Å². The summed E-state index contributed by atoms with van der Waals surface area (Å²) in [4.78, 5) is 26.0. The molecule has 1 aliphatic rings. The molecule has 0 aliphatic carbocycles. The summed E-state index contributed by atoms with van der Waals surface area (Å²) >= 11 is 0. The smallest absolute Gasteiger partial charge is 0.326 e. The molecule has 25 heavy (non-hydrogen) atoms. The number of nitrogens with one attached hydrogen (secondary N) is 2. The molecule has 0 atom stereocenters. The van der Waals surface area contributed by atoms with Crippen LogP contribution in [0.5, 0.6) is 0 Å². The van der Waals surface area contributed by atoms with Gasteiger partial charge in [-0.2, -0.15) is 0 Å². The first-order chi connectivity index (χ1) is 12.2. The van der Waals surface area contributed by atoms with Gasteiger partial charge in [0, 0.05) is 25.0 Å². The highest BCUT2D eigenvalue weighted by atomic mass is 16.2. The lowest BCUT2D eigenvalue weighted by Gasteiger charge is -2.23. The van der Waals surface area contributed by atoms with Crippen molar-refractivity contribution in [3.05, 3.63) is 59.7 Å². The summed E-state index contributed by atoms with van der Waals surface area (Å²) in [7, 11) is 1.62. The standard InChI is InChI=1S/C20H23N3O2/c1-21-19(24)14-15-9-11-17(12-10-15)22-20(25)23-13-5-4-7-16-6-2-3-8-18(16)23/h2-3,6,8-12H,4-5,7,13-14H2,1H3,(H,21,24)(H,22,25). The summed E-state index contributed by atoms with van der Waals surface area (Å²) in [6.45, 7) is 0.720. The quantitative estimate of drug-likeness (QED) is 0.902. The van der Waals surface area contributed by atoms with E-state index < -0.39 is 0 Å². The van der Waals surface area contributed by atoms with Crippen molar-refractivity contribution in [3.8, 4) is 0 Å².